The molecule has 0 bridgehead atoms. The molecule has 1 aliphatic carbocycles. The molecule has 0 aromatic heterocycles. The molecule has 1 N–H and O–H groups in total. The second-order valence-corrected chi connectivity index (χ2v) is 6.42. The summed E-state index contributed by atoms with van der Waals surface area (Å²) >= 11 is 0. The Morgan fingerprint density at radius 3 is 2.64 bits per heavy atom. The Kier molecular flexibility index (Phi) is 4.46. The summed E-state index contributed by atoms with van der Waals surface area (Å²) in [6, 6.07) is 5.68. The number of nitrogens with zero attached hydrogens (tertiary/aromatic N) is 1. The first-order chi connectivity index (χ1) is 10.6. The monoisotopic (exact) mass is 301 g/mol. The minimum absolute atomic E-state index is 0.0529. The molecule has 1 amide bonds. The lowest BCUT2D eigenvalue weighted by Crippen LogP contribution is -2.48. The van der Waals surface area contributed by atoms with Crippen LogP contribution in [0.5, 0.6) is 0 Å². The number of aliphatic carboxylic acids is 1. The van der Waals surface area contributed by atoms with Gasteiger partial charge >= 0.3 is 5.97 Å². The minimum Gasteiger partial charge on any atom is -0.480 e. The van der Waals surface area contributed by atoms with E-state index in [4.69, 9.17) is 0 Å². The number of fused-ring (bicyclic) bond motifs is 1. The van der Waals surface area contributed by atoms with Crippen molar-refractivity contribution in [1.82, 2.24) is 4.90 Å². The number of carbonyl (C=O) groups excluding carboxylic acids is 1. The predicted octanol–water partition coefficient (Wildman–Crippen LogP) is 2.57. The number of hydrogen-bond acceptors (Lipinski definition) is 2. The van der Waals surface area contributed by atoms with Crippen molar-refractivity contribution in [3.05, 3.63) is 34.9 Å². The Balaban J connectivity index is 1.71. The number of rotatable bonds is 3. The molecule has 118 valence electrons. The fourth-order valence-electron chi connectivity index (χ4n) is 3.66. The summed E-state index contributed by atoms with van der Waals surface area (Å²) in [4.78, 5) is 25.4. The molecule has 1 aliphatic heterocycles. The second kappa shape index (κ2) is 6.51. The van der Waals surface area contributed by atoms with Gasteiger partial charge in [0.15, 0.2) is 0 Å². The van der Waals surface area contributed by atoms with Gasteiger partial charge in [0.25, 0.3) is 0 Å². The summed E-state index contributed by atoms with van der Waals surface area (Å²) in [5, 5.41) is 9.29. The van der Waals surface area contributed by atoms with E-state index in [-0.39, 0.29) is 5.91 Å². The van der Waals surface area contributed by atoms with E-state index in [2.05, 4.69) is 12.1 Å². The normalized spacial score (nSPS) is 21.3. The highest BCUT2D eigenvalue weighted by Gasteiger charge is 2.31. The Morgan fingerprint density at radius 1 is 1.09 bits per heavy atom. The van der Waals surface area contributed by atoms with Crippen LogP contribution in [0, 0.1) is 0 Å². The molecule has 1 saturated heterocycles. The topological polar surface area (TPSA) is 57.6 Å². The zero-order valence-corrected chi connectivity index (χ0v) is 12.9. The number of likely N-dealkylation sites (tertiary alicyclic amines) is 1. The number of carbonyl (C=O) groups is 2. The third-order valence-corrected chi connectivity index (χ3v) is 4.88. The van der Waals surface area contributed by atoms with Crippen molar-refractivity contribution in [3.63, 3.8) is 0 Å². The molecule has 1 atom stereocenters. The Labute approximate surface area is 131 Å². The molecule has 22 heavy (non-hydrogen) atoms. The SMILES string of the molecule is O=C(O)[C@H]1CCCCN1C(=O)Cc1ccc2c(c1)CCCC2. The molecule has 3 rings (SSSR count). The third kappa shape index (κ3) is 3.16. The largest absolute Gasteiger partial charge is 0.480 e. The Bertz CT molecular complexity index is 582. The maximum absolute atomic E-state index is 12.5. The summed E-state index contributed by atoms with van der Waals surface area (Å²) in [5.41, 5.74) is 3.79. The highest BCUT2D eigenvalue weighted by Crippen LogP contribution is 2.23. The summed E-state index contributed by atoms with van der Waals surface area (Å²) in [6.45, 7) is 0.570. The van der Waals surface area contributed by atoms with Gasteiger partial charge in [0.2, 0.25) is 5.91 Å². The van der Waals surface area contributed by atoms with Crippen molar-refractivity contribution in [2.75, 3.05) is 6.54 Å². The van der Waals surface area contributed by atoms with Crippen molar-refractivity contribution in [3.8, 4) is 0 Å². The van der Waals surface area contributed by atoms with Crippen molar-refractivity contribution < 1.29 is 14.7 Å². The fraction of sp³-hybridized carbons (Fsp3) is 0.556. The van der Waals surface area contributed by atoms with Crippen LogP contribution in [0.15, 0.2) is 18.2 Å². The number of piperidine rings is 1. The van der Waals surface area contributed by atoms with E-state index < -0.39 is 12.0 Å². The van der Waals surface area contributed by atoms with Gasteiger partial charge in [0.1, 0.15) is 6.04 Å². The average molecular weight is 301 g/mol. The van der Waals surface area contributed by atoms with Gasteiger partial charge in [0.05, 0.1) is 6.42 Å². The molecular formula is C18H23NO3. The number of aryl methyl sites for hydroxylation is 2. The van der Waals surface area contributed by atoms with Crippen LogP contribution in [0.3, 0.4) is 0 Å². The van der Waals surface area contributed by atoms with Crippen LogP contribution in [0.2, 0.25) is 0 Å². The number of benzene rings is 1. The molecule has 0 saturated carbocycles. The number of amides is 1. The molecule has 1 heterocycles. The molecular weight excluding hydrogens is 278 g/mol. The van der Waals surface area contributed by atoms with Crippen molar-refractivity contribution in [2.24, 2.45) is 0 Å². The van der Waals surface area contributed by atoms with Crippen LogP contribution >= 0.6 is 0 Å². The smallest absolute Gasteiger partial charge is 0.326 e. The zero-order chi connectivity index (χ0) is 15.5. The van der Waals surface area contributed by atoms with Crippen molar-refractivity contribution >= 4 is 11.9 Å². The summed E-state index contributed by atoms with van der Waals surface area (Å²) < 4.78 is 0. The number of carboxylic acids is 1. The van der Waals surface area contributed by atoms with E-state index in [9.17, 15) is 14.7 Å². The maximum Gasteiger partial charge on any atom is 0.326 e. The Morgan fingerprint density at radius 2 is 1.86 bits per heavy atom. The van der Waals surface area contributed by atoms with Crippen LogP contribution < -0.4 is 0 Å². The minimum atomic E-state index is -0.876. The third-order valence-electron chi connectivity index (χ3n) is 4.88. The fourth-order valence-corrected chi connectivity index (χ4v) is 3.66. The number of carboxylic acid groups (broad SMARTS) is 1. The molecule has 4 heteroatoms. The van der Waals surface area contributed by atoms with E-state index in [0.29, 0.717) is 19.4 Å². The highest BCUT2D eigenvalue weighted by molar-refractivity contribution is 5.85. The molecule has 0 spiro atoms. The van der Waals surface area contributed by atoms with Gasteiger partial charge < -0.3 is 10.0 Å². The maximum atomic E-state index is 12.5. The van der Waals surface area contributed by atoms with Gasteiger partial charge in [-0.1, -0.05) is 18.2 Å². The van der Waals surface area contributed by atoms with Gasteiger partial charge in [-0.25, -0.2) is 4.79 Å². The molecule has 1 aromatic rings. The second-order valence-electron chi connectivity index (χ2n) is 6.42. The van der Waals surface area contributed by atoms with Crippen LogP contribution in [0.1, 0.15) is 48.8 Å². The Hall–Kier alpha value is -1.84. The quantitative estimate of drug-likeness (QED) is 0.933. The van der Waals surface area contributed by atoms with E-state index >= 15 is 0 Å². The van der Waals surface area contributed by atoms with Gasteiger partial charge in [-0.2, -0.15) is 0 Å². The first-order valence-corrected chi connectivity index (χ1v) is 8.28. The van der Waals surface area contributed by atoms with E-state index in [1.807, 2.05) is 6.07 Å². The molecule has 0 radical (unpaired) electrons. The van der Waals surface area contributed by atoms with Crippen molar-refractivity contribution in [1.29, 1.82) is 0 Å². The van der Waals surface area contributed by atoms with Gasteiger partial charge in [-0.05, 0) is 61.6 Å². The van der Waals surface area contributed by atoms with Crippen LogP contribution in [0.25, 0.3) is 0 Å². The highest BCUT2D eigenvalue weighted by atomic mass is 16.4. The predicted molar refractivity (Wildman–Crippen MR) is 83.8 cm³/mol. The summed E-state index contributed by atoms with van der Waals surface area (Å²) in [5.74, 6) is -0.929. The first kappa shape index (κ1) is 15.1. The summed E-state index contributed by atoms with van der Waals surface area (Å²) in [7, 11) is 0. The van der Waals surface area contributed by atoms with E-state index in [0.717, 1.165) is 31.2 Å². The van der Waals surface area contributed by atoms with Crippen LogP contribution in [0.4, 0.5) is 0 Å². The lowest BCUT2D eigenvalue weighted by atomic mass is 9.90. The lowest BCUT2D eigenvalue weighted by Gasteiger charge is -2.33. The lowest BCUT2D eigenvalue weighted by molar-refractivity contribution is -0.151. The zero-order valence-electron chi connectivity index (χ0n) is 12.9. The average Bonchev–Trinajstić information content (AvgIpc) is 2.54. The molecule has 1 fully saturated rings. The van der Waals surface area contributed by atoms with Gasteiger partial charge in [-0.3, -0.25) is 4.79 Å². The van der Waals surface area contributed by atoms with E-state index in [1.54, 1.807) is 4.90 Å². The summed E-state index contributed by atoms with van der Waals surface area (Å²) in [6.07, 6.45) is 7.38. The van der Waals surface area contributed by atoms with Crippen molar-refractivity contribution in [2.45, 2.75) is 57.4 Å². The van der Waals surface area contributed by atoms with Crippen LogP contribution in [-0.4, -0.2) is 34.5 Å². The molecule has 1 aromatic carbocycles. The first-order valence-electron chi connectivity index (χ1n) is 8.28. The molecule has 4 nitrogen and oxygen atoms in total. The van der Waals surface area contributed by atoms with Gasteiger partial charge in [-0.15, -0.1) is 0 Å². The number of hydrogen-bond donors (Lipinski definition) is 1. The standard InChI is InChI=1S/C18H23NO3/c20-17(19-10-4-3-7-16(19)18(21)22)12-13-8-9-14-5-1-2-6-15(14)11-13/h8-9,11,16H,1-7,10,12H2,(H,21,22)/t16-/m1/s1. The van der Waals surface area contributed by atoms with E-state index in [1.165, 1.54) is 24.0 Å². The van der Waals surface area contributed by atoms with Gasteiger partial charge in [0, 0.05) is 6.54 Å². The molecule has 0 unspecified atom stereocenters. The molecule has 2 aliphatic rings. The van der Waals surface area contributed by atoms with Crippen LogP contribution in [-0.2, 0) is 28.9 Å².